The van der Waals surface area contributed by atoms with Gasteiger partial charge in [-0.2, -0.15) is 23.7 Å². The summed E-state index contributed by atoms with van der Waals surface area (Å²) in [5.74, 6) is 0. The fraction of sp³-hybridized carbons (Fsp3) is 0.0196. The van der Waals surface area contributed by atoms with Crippen LogP contribution < -0.4 is 0 Å². The van der Waals surface area contributed by atoms with Crippen molar-refractivity contribution < 1.29 is 13.2 Å². The van der Waals surface area contributed by atoms with Crippen LogP contribution in [-0.4, -0.2) is 9.13 Å². The Morgan fingerprint density at radius 2 is 0.948 bits per heavy atom. The number of para-hydroxylation sites is 2. The zero-order chi connectivity index (χ0) is 39.5. The minimum Gasteiger partial charge on any atom is -0.308 e. The lowest BCUT2D eigenvalue weighted by Gasteiger charge is -2.22. The van der Waals surface area contributed by atoms with Crippen molar-refractivity contribution in [2.45, 2.75) is 6.18 Å². The van der Waals surface area contributed by atoms with Gasteiger partial charge in [0.2, 0.25) is 0 Å². The highest BCUT2D eigenvalue weighted by Crippen LogP contribution is 2.46. The molecule has 0 atom stereocenters. The summed E-state index contributed by atoms with van der Waals surface area (Å²) in [5, 5.41) is 25.4. The molecule has 0 amide bonds. The van der Waals surface area contributed by atoms with E-state index in [1.165, 1.54) is 12.1 Å². The minimum atomic E-state index is -4.79. The number of nitriles is 2. The Hall–Kier alpha value is -7.87. The van der Waals surface area contributed by atoms with E-state index in [1.54, 1.807) is 12.1 Å². The van der Waals surface area contributed by atoms with Crippen LogP contribution in [0.15, 0.2) is 176 Å². The van der Waals surface area contributed by atoms with Crippen molar-refractivity contribution in [3.63, 3.8) is 0 Å². The monoisotopic (exact) mass is 754 g/mol. The van der Waals surface area contributed by atoms with E-state index >= 15 is 13.2 Å². The van der Waals surface area contributed by atoms with Gasteiger partial charge >= 0.3 is 6.18 Å². The summed E-state index contributed by atoms with van der Waals surface area (Å²) in [5.41, 5.74) is 6.78. The third-order valence-corrected chi connectivity index (χ3v) is 11.1. The second-order valence-electron chi connectivity index (χ2n) is 14.2. The zero-order valence-corrected chi connectivity index (χ0v) is 30.7. The molecule has 0 bridgehead atoms. The normalized spacial score (nSPS) is 11.7. The first-order valence-electron chi connectivity index (χ1n) is 18.7. The summed E-state index contributed by atoms with van der Waals surface area (Å²) >= 11 is 0. The molecule has 0 unspecified atom stereocenters. The van der Waals surface area contributed by atoms with Crippen LogP contribution in [0.5, 0.6) is 0 Å². The van der Waals surface area contributed by atoms with Gasteiger partial charge in [-0.25, -0.2) is 0 Å². The van der Waals surface area contributed by atoms with E-state index in [1.807, 2.05) is 137 Å². The van der Waals surface area contributed by atoms with E-state index in [0.717, 1.165) is 60.9 Å². The maximum absolute atomic E-state index is 15.0. The van der Waals surface area contributed by atoms with Crippen molar-refractivity contribution in [2.75, 3.05) is 0 Å². The first kappa shape index (κ1) is 34.6. The van der Waals surface area contributed by atoms with E-state index in [4.69, 9.17) is 0 Å². The lowest BCUT2D eigenvalue weighted by Crippen LogP contribution is -2.11. The smallest absolute Gasteiger partial charge is 0.308 e. The van der Waals surface area contributed by atoms with Crippen LogP contribution in [0.1, 0.15) is 16.7 Å². The van der Waals surface area contributed by atoms with Gasteiger partial charge in [-0.1, -0.05) is 121 Å². The lowest BCUT2D eigenvalue weighted by atomic mass is 9.90. The molecule has 0 aliphatic heterocycles. The quantitative estimate of drug-likeness (QED) is 0.176. The predicted octanol–water partition coefficient (Wildman–Crippen LogP) is 13.6. The molecule has 0 fully saturated rings. The molecule has 0 saturated heterocycles. The van der Waals surface area contributed by atoms with Gasteiger partial charge in [-0.15, -0.1) is 0 Å². The molecule has 10 rings (SSSR count). The Balaban J connectivity index is 1.35. The molecule has 0 aliphatic carbocycles. The van der Waals surface area contributed by atoms with Crippen molar-refractivity contribution in [1.82, 2.24) is 9.13 Å². The summed E-state index contributed by atoms with van der Waals surface area (Å²) in [6, 6.07) is 59.4. The van der Waals surface area contributed by atoms with Gasteiger partial charge in [-0.3, -0.25) is 0 Å². The van der Waals surface area contributed by atoms with Crippen LogP contribution in [-0.2, 0) is 6.18 Å². The Kier molecular flexibility index (Phi) is 8.00. The average Bonchev–Trinajstić information content (AvgIpc) is 3.77. The van der Waals surface area contributed by atoms with Crippen molar-refractivity contribution in [1.29, 1.82) is 10.5 Å². The highest BCUT2D eigenvalue weighted by Gasteiger charge is 2.36. The van der Waals surface area contributed by atoms with Crippen LogP contribution in [0.25, 0.3) is 88.4 Å². The van der Waals surface area contributed by atoms with Gasteiger partial charge < -0.3 is 9.13 Å². The summed E-state index contributed by atoms with van der Waals surface area (Å²) in [6.45, 7) is 0. The number of hydrogen-bond acceptors (Lipinski definition) is 2. The minimum absolute atomic E-state index is 0.117. The maximum atomic E-state index is 15.0. The summed E-state index contributed by atoms with van der Waals surface area (Å²) in [7, 11) is 0. The van der Waals surface area contributed by atoms with Gasteiger partial charge in [0, 0.05) is 32.7 Å². The van der Waals surface area contributed by atoms with Crippen molar-refractivity contribution in [3.05, 3.63) is 193 Å². The van der Waals surface area contributed by atoms with Crippen molar-refractivity contribution >= 4 is 43.6 Å². The molecule has 0 saturated carbocycles. The van der Waals surface area contributed by atoms with Crippen LogP contribution in [0.2, 0.25) is 0 Å². The Morgan fingerprint density at radius 3 is 1.50 bits per heavy atom. The van der Waals surface area contributed by atoms with Gasteiger partial charge in [0.25, 0.3) is 0 Å². The molecule has 10 aromatic rings. The third-order valence-electron chi connectivity index (χ3n) is 11.1. The zero-order valence-electron chi connectivity index (χ0n) is 30.7. The van der Waals surface area contributed by atoms with Gasteiger partial charge in [-0.05, 0) is 76.9 Å². The molecule has 8 aromatic carbocycles. The van der Waals surface area contributed by atoms with Crippen LogP contribution in [0.4, 0.5) is 13.2 Å². The fourth-order valence-electron chi connectivity index (χ4n) is 8.55. The average molecular weight is 755 g/mol. The standard InChI is InChI=1S/C51H29F3N4/c52-51(53,54)43-19-11-16-36(30-55)49(43)39-24-27-48(57-44-20-9-7-17-37(44)40-28-34(22-25-46(40)57)32-12-3-1-4-13-32)42(31-56)50(39)58-45-21-10-8-18-38(45)41-29-35(23-26-47(41)58)33-14-5-2-6-15-33/h1-29H. The molecule has 58 heavy (non-hydrogen) atoms. The Bertz CT molecular complexity index is 3340. The molecule has 274 valence electrons. The Morgan fingerprint density at radius 1 is 0.431 bits per heavy atom. The summed E-state index contributed by atoms with van der Waals surface area (Å²) in [6.07, 6.45) is -4.79. The number of fused-ring (bicyclic) bond motifs is 6. The number of benzene rings is 8. The number of halogens is 3. The molecule has 4 nitrogen and oxygen atoms in total. The molecule has 0 N–H and O–H groups in total. The molecular weight excluding hydrogens is 726 g/mol. The third kappa shape index (κ3) is 5.37. The fourth-order valence-corrected chi connectivity index (χ4v) is 8.55. The van der Waals surface area contributed by atoms with E-state index < -0.39 is 11.7 Å². The van der Waals surface area contributed by atoms with Gasteiger partial charge in [0.1, 0.15) is 11.6 Å². The van der Waals surface area contributed by atoms with Crippen molar-refractivity contribution in [3.8, 4) is 56.9 Å². The molecule has 0 spiro atoms. The first-order valence-corrected chi connectivity index (χ1v) is 18.7. The lowest BCUT2D eigenvalue weighted by molar-refractivity contribution is -0.137. The molecule has 0 aliphatic rings. The topological polar surface area (TPSA) is 57.4 Å². The summed E-state index contributed by atoms with van der Waals surface area (Å²) in [4.78, 5) is 0. The molecular formula is C51H29F3N4. The molecule has 0 radical (unpaired) electrons. The van der Waals surface area contributed by atoms with E-state index in [-0.39, 0.29) is 27.9 Å². The number of aromatic nitrogens is 2. The van der Waals surface area contributed by atoms with Crippen molar-refractivity contribution in [2.24, 2.45) is 0 Å². The highest BCUT2D eigenvalue weighted by molar-refractivity contribution is 6.13. The van der Waals surface area contributed by atoms with E-state index in [9.17, 15) is 10.5 Å². The maximum Gasteiger partial charge on any atom is 0.417 e. The second-order valence-corrected chi connectivity index (χ2v) is 14.2. The van der Waals surface area contributed by atoms with Crippen LogP contribution in [0, 0.1) is 22.7 Å². The summed E-state index contributed by atoms with van der Waals surface area (Å²) < 4.78 is 49.0. The SMILES string of the molecule is N#Cc1cccc(C(F)(F)F)c1-c1ccc(-n2c3ccccc3c3cc(-c4ccccc4)ccc32)c(C#N)c1-n1c2ccccc2c2cc(-c3ccccc3)ccc21. The number of alkyl halides is 3. The van der Waals surface area contributed by atoms with Crippen LogP contribution >= 0.6 is 0 Å². The Labute approximate surface area is 331 Å². The van der Waals surface area contributed by atoms with Gasteiger partial charge in [0.15, 0.2) is 0 Å². The van der Waals surface area contributed by atoms with E-state index in [0.29, 0.717) is 16.7 Å². The number of hydrogen-bond donors (Lipinski definition) is 0. The molecule has 2 aromatic heterocycles. The van der Waals surface area contributed by atoms with Gasteiger partial charge in [0.05, 0.1) is 50.6 Å². The highest BCUT2D eigenvalue weighted by atomic mass is 19.4. The largest absolute Gasteiger partial charge is 0.417 e. The first-order chi connectivity index (χ1) is 28.4. The van der Waals surface area contributed by atoms with E-state index in [2.05, 4.69) is 30.3 Å². The second kappa shape index (κ2) is 13.4. The predicted molar refractivity (Wildman–Crippen MR) is 226 cm³/mol. The molecule has 7 heteroatoms. The van der Waals surface area contributed by atoms with Crippen LogP contribution in [0.3, 0.4) is 0 Å². The number of nitrogens with zero attached hydrogens (tertiary/aromatic N) is 4. The molecule has 2 heterocycles. The number of rotatable bonds is 5.